The number of methoxy groups -OCH3 is 1. The Balaban J connectivity index is 4.68. The third kappa shape index (κ3) is 5.48. The van der Waals surface area contributed by atoms with Gasteiger partial charge in [0.15, 0.2) is 0 Å². The second kappa shape index (κ2) is 8.23. The fourth-order valence-corrected chi connectivity index (χ4v) is 2.47. The minimum atomic E-state index is -0.490. The molecule has 0 bridgehead atoms. The summed E-state index contributed by atoms with van der Waals surface area (Å²) in [5, 5.41) is 0. The molecular weight excluding hydrogens is 252 g/mol. The van der Waals surface area contributed by atoms with E-state index >= 15 is 0 Å². The highest BCUT2D eigenvalue weighted by Gasteiger charge is 2.35. The summed E-state index contributed by atoms with van der Waals surface area (Å²) in [7, 11) is 1.37. The predicted molar refractivity (Wildman–Crippen MR) is 82.3 cm³/mol. The first-order chi connectivity index (χ1) is 9.17. The summed E-state index contributed by atoms with van der Waals surface area (Å²) in [6.07, 6.45) is 3.64. The Bertz CT molecular complexity index is 344. The van der Waals surface area contributed by atoms with E-state index in [-0.39, 0.29) is 17.7 Å². The van der Waals surface area contributed by atoms with E-state index in [1.807, 2.05) is 26.8 Å². The Labute approximate surface area is 123 Å². The molecule has 0 aromatic carbocycles. The van der Waals surface area contributed by atoms with Crippen molar-refractivity contribution in [3.8, 4) is 0 Å². The van der Waals surface area contributed by atoms with Crippen LogP contribution in [0.5, 0.6) is 0 Å². The molecule has 0 amide bonds. The van der Waals surface area contributed by atoms with Crippen LogP contribution in [0.15, 0.2) is 12.7 Å². The van der Waals surface area contributed by atoms with Crippen molar-refractivity contribution in [2.45, 2.75) is 53.9 Å². The highest BCUT2D eigenvalue weighted by Crippen LogP contribution is 2.33. The zero-order valence-electron chi connectivity index (χ0n) is 13.9. The SMILES string of the molecule is C=CC[C@H](C)[C@H](C)[C@@H](C)C(=O)C(C)(C)CCC(=O)OC. The Morgan fingerprint density at radius 2 is 1.80 bits per heavy atom. The molecule has 0 aliphatic rings. The van der Waals surface area contributed by atoms with Gasteiger partial charge in [0.25, 0.3) is 0 Å². The van der Waals surface area contributed by atoms with Crippen LogP contribution in [-0.4, -0.2) is 18.9 Å². The molecular formula is C17H30O3. The summed E-state index contributed by atoms with van der Waals surface area (Å²) in [6, 6.07) is 0. The lowest BCUT2D eigenvalue weighted by Crippen LogP contribution is -2.35. The third-order valence-corrected chi connectivity index (χ3v) is 4.49. The molecule has 3 nitrogen and oxygen atoms in total. The van der Waals surface area contributed by atoms with Crippen LogP contribution in [0.4, 0.5) is 0 Å². The van der Waals surface area contributed by atoms with Crippen LogP contribution in [0.1, 0.15) is 53.9 Å². The molecule has 0 radical (unpaired) electrons. The molecule has 0 rings (SSSR count). The van der Waals surface area contributed by atoms with E-state index in [9.17, 15) is 9.59 Å². The smallest absolute Gasteiger partial charge is 0.305 e. The molecule has 0 unspecified atom stereocenters. The van der Waals surface area contributed by atoms with Crippen LogP contribution in [0.25, 0.3) is 0 Å². The van der Waals surface area contributed by atoms with Gasteiger partial charge in [-0.15, -0.1) is 6.58 Å². The predicted octanol–water partition coefficient (Wildman–Crippen LogP) is 4.02. The second-order valence-corrected chi connectivity index (χ2v) is 6.47. The number of ketones is 1. The van der Waals surface area contributed by atoms with Crippen molar-refractivity contribution >= 4 is 11.8 Å². The van der Waals surface area contributed by atoms with Crippen LogP contribution in [0, 0.1) is 23.2 Å². The van der Waals surface area contributed by atoms with Gasteiger partial charge in [0.1, 0.15) is 5.78 Å². The Morgan fingerprint density at radius 1 is 1.25 bits per heavy atom. The van der Waals surface area contributed by atoms with Gasteiger partial charge in [-0.1, -0.05) is 40.7 Å². The van der Waals surface area contributed by atoms with Crippen LogP contribution >= 0.6 is 0 Å². The standard InChI is InChI=1S/C17H30O3/c1-8-9-12(2)13(3)14(4)16(19)17(5,6)11-10-15(18)20-7/h8,12-14H,1,9-11H2,2-7H3/t12-,13-,14+/m0/s1. The van der Waals surface area contributed by atoms with Gasteiger partial charge in [-0.3, -0.25) is 9.59 Å². The number of hydrogen-bond acceptors (Lipinski definition) is 3. The lowest BCUT2D eigenvalue weighted by atomic mass is 9.71. The summed E-state index contributed by atoms with van der Waals surface area (Å²) in [5.74, 6) is 0.690. The van der Waals surface area contributed by atoms with Crippen molar-refractivity contribution in [1.29, 1.82) is 0 Å². The summed E-state index contributed by atoms with van der Waals surface area (Å²) in [5.41, 5.74) is -0.490. The molecule has 20 heavy (non-hydrogen) atoms. The van der Waals surface area contributed by atoms with Gasteiger partial charge in [-0.2, -0.15) is 0 Å². The number of esters is 1. The Kier molecular flexibility index (Phi) is 7.77. The average molecular weight is 282 g/mol. The normalized spacial score (nSPS) is 16.1. The van der Waals surface area contributed by atoms with Crippen LogP contribution in [-0.2, 0) is 14.3 Å². The first-order valence-electron chi connectivity index (χ1n) is 7.39. The van der Waals surface area contributed by atoms with Crippen molar-refractivity contribution < 1.29 is 14.3 Å². The maximum atomic E-state index is 12.6. The summed E-state index contributed by atoms with van der Waals surface area (Å²) in [4.78, 5) is 23.9. The highest BCUT2D eigenvalue weighted by molar-refractivity contribution is 5.86. The molecule has 0 saturated heterocycles. The van der Waals surface area contributed by atoms with E-state index in [2.05, 4.69) is 25.2 Å². The van der Waals surface area contributed by atoms with Crippen molar-refractivity contribution in [3.63, 3.8) is 0 Å². The second-order valence-electron chi connectivity index (χ2n) is 6.47. The average Bonchev–Trinajstić information content (AvgIpc) is 2.42. The van der Waals surface area contributed by atoms with Crippen molar-refractivity contribution in [3.05, 3.63) is 12.7 Å². The molecule has 116 valence electrons. The Hall–Kier alpha value is -1.12. The number of carbonyl (C=O) groups excluding carboxylic acids is 2. The largest absolute Gasteiger partial charge is 0.469 e. The molecule has 0 aliphatic carbocycles. The van der Waals surface area contributed by atoms with Crippen LogP contribution in [0.2, 0.25) is 0 Å². The zero-order valence-corrected chi connectivity index (χ0v) is 13.9. The molecule has 0 saturated carbocycles. The number of hydrogen-bond donors (Lipinski definition) is 0. The van der Waals surface area contributed by atoms with Crippen molar-refractivity contribution in [2.75, 3.05) is 7.11 Å². The molecule has 3 heteroatoms. The first kappa shape index (κ1) is 18.9. The molecule has 0 N–H and O–H groups in total. The molecule has 0 aliphatic heterocycles. The molecule has 0 aromatic heterocycles. The fraction of sp³-hybridized carbons (Fsp3) is 0.765. The van der Waals surface area contributed by atoms with E-state index in [0.717, 1.165) is 6.42 Å². The van der Waals surface area contributed by atoms with E-state index < -0.39 is 5.41 Å². The van der Waals surface area contributed by atoms with Gasteiger partial charge in [-0.25, -0.2) is 0 Å². The fourth-order valence-electron chi connectivity index (χ4n) is 2.47. The molecule has 0 fully saturated rings. The maximum absolute atomic E-state index is 12.6. The van der Waals surface area contributed by atoms with Crippen LogP contribution in [0.3, 0.4) is 0 Å². The van der Waals surface area contributed by atoms with Gasteiger partial charge in [-0.05, 0) is 24.7 Å². The Morgan fingerprint density at radius 3 is 2.25 bits per heavy atom. The maximum Gasteiger partial charge on any atom is 0.305 e. The van der Waals surface area contributed by atoms with Gasteiger partial charge in [0.05, 0.1) is 7.11 Å². The zero-order chi connectivity index (χ0) is 15.9. The lowest BCUT2D eigenvalue weighted by molar-refractivity contribution is -0.142. The summed E-state index contributed by atoms with van der Waals surface area (Å²) in [6.45, 7) is 13.9. The molecule has 3 atom stereocenters. The van der Waals surface area contributed by atoms with E-state index in [0.29, 0.717) is 24.7 Å². The monoisotopic (exact) mass is 282 g/mol. The third-order valence-electron chi connectivity index (χ3n) is 4.49. The number of Topliss-reactive ketones (excluding diaryl/α,β-unsaturated/α-hetero) is 1. The summed E-state index contributed by atoms with van der Waals surface area (Å²) < 4.78 is 4.64. The summed E-state index contributed by atoms with van der Waals surface area (Å²) >= 11 is 0. The minimum absolute atomic E-state index is 0.0161. The minimum Gasteiger partial charge on any atom is -0.469 e. The van der Waals surface area contributed by atoms with E-state index in [1.54, 1.807) is 0 Å². The van der Waals surface area contributed by atoms with Gasteiger partial charge >= 0.3 is 5.97 Å². The van der Waals surface area contributed by atoms with Gasteiger partial charge in [0, 0.05) is 17.8 Å². The molecule has 0 heterocycles. The van der Waals surface area contributed by atoms with Crippen molar-refractivity contribution in [2.24, 2.45) is 23.2 Å². The highest BCUT2D eigenvalue weighted by atomic mass is 16.5. The number of ether oxygens (including phenoxy) is 1. The van der Waals surface area contributed by atoms with E-state index in [1.165, 1.54) is 7.11 Å². The molecule has 0 aromatic rings. The van der Waals surface area contributed by atoms with Crippen LogP contribution < -0.4 is 0 Å². The van der Waals surface area contributed by atoms with Gasteiger partial charge in [0.2, 0.25) is 0 Å². The number of rotatable bonds is 9. The topological polar surface area (TPSA) is 43.4 Å². The molecule has 0 spiro atoms. The van der Waals surface area contributed by atoms with E-state index in [4.69, 9.17) is 0 Å². The van der Waals surface area contributed by atoms with Crippen molar-refractivity contribution in [1.82, 2.24) is 0 Å². The van der Waals surface area contributed by atoms with Gasteiger partial charge < -0.3 is 4.74 Å². The lowest BCUT2D eigenvalue weighted by Gasteiger charge is -2.31. The number of allylic oxidation sites excluding steroid dienone is 1. The first-order valence-corrected chi connectivity index (χ1v) is 7.39. The number of carbonyl (C=O) groups is 2. The quantitative estimate of drug-likeness (QED) is 0.474.